The first kappa shape index (κ1) is 32.5. The van der Waals surface area contributed by atoms with Crippen LogP contribution in [0.3, 0.4) is 0 Å². The van der Waals surface area contributed by atoms with E-state index in [0.29, 0.717) is 17.5 Å². The van der Waals surface area contributed by atoms with Gasteiger partial charge >= 0.3 is 11.7 Å². The van der Waals surface area contributed by atoms with E-state index in [1.54, 1.807) is 26.8 Å². The number of aliphatic hydroxyl groups is 1. The second-order valence-corrected chi connectivity index (χ2v) is 11.5. The number of phenols is 1. The number of aromatic hydroxyl groups is 2. The van der Waals surface area contributed by atoms with Crippen molar-refractivity contribution in [1.82, 2.24) is 0 Å². The van der Waals surface area contributed by atoms with Gasteiger partial charge in [-0.1, -0.05) is 11.6 Å². The van der Waals surface area contributed by atoms with Gasteiger partial charge in [0.2, 0.25) is 6.29 Å². The van der Waals surface area contributed by atoms with Crippen LogP contribution in [0.5, 0.6) is 17.2 Å². The number of carbonyl (C=O) groups excluding carboxylic acids is 2. The van der Waals surface area contributed by atoms with Gasteiger partial charge in [-0.2, -0.15) is 0 Å². The lowest BCUT2D eigenvalue weighted by Gasteiger charge is -2.47. The molecule has 1 fully saturated rings. The number of fused-ring (bicyclic) bond motifs is 1. The van der Waals surface area contributed by atoms with Crippen LogP contribution in [0.2, 0.25) is 0 Å². The maximum atomic E-state index is 13.1. The number of benzene rings is 2. The summed E-state index contributed by atoms with van der Waals surface area (Å²) in [5.74, 6) is -0.680. The molecule has 1 aliphatic rings. The van der Waals surface area contributed by atoms with E-state index in [2.05, 4.69) is 0 Å². The topological polar surface area (TPSA) is 188 Å². The van der Waals surface area contributed by atoms with Crippen LogP contribution in [0, 0.1) is 6.92 Å². The van der Waals surface area contributed by atoms with Crippen LogP contribution in [0.4, 0.5) is 4.79 Å². The molecule has 0 bridgehead atoms. The second-order valence-electron chi connectivity index (χ2n) is 11.5. The quantitative estimate of drug-likeness (QED) is 0.157. The number of amides is 1. The lowest BCUT2D eigenvalue weighted by atomic mass is 9.89. The molecule has 12 nitrogen and oxygen atoms in total. The Morgan fingerprint density at radius 3 is 2.48 bits per heavy atom. The van der Waals surface area contributed by atoms with Gasteiger partial charge in [0.15, 0.2) is 18.0 Å². The Kier molecular flexibility index (Phi) is 9.38. The third kappa shape index (κ3) is 6.57. The van der Waals surface area contributed by atoms with Crippen molar-refractivity contribution in [1.29, 1.82) is 0 Å². The normalized spacial score (nSPS) is 21.1. The van der Waals surface area contributed by atoms with Gasteiger partial charge in [0.25, 0.3) is 0 Å². The number of phenolic OH excluding ortho intramolecular Hbond substituents is 1. The number of rotatable bonds is 9. The van der Waals surface area contributed by atoms with Crippen LogP contribution < -0.4 is 16.1 Å². The Balaban J connectivity index is 1.63. The standard InChI is InChI=1S/C32H37NO11/c1-15(2)7-8-17-13-18(9-11-21(17)34)22(35)14-20-24(36)19-10-12-23(16(3)26(19)42-29(20)38)41-30-25(37)27(43-31(33)39)28(40-6)32(4,5)44-30/h7,9-13,25,27-28,30,34,36-37H,8,14H2,1-6H3,(H2,33,39)/t25-,27+,28-,30-/m1/s1. The Hall–Kier alpha value is -4.39. The van der Waals surface area contributed by atoms with Crippen molar-refractivity contribution in [3.05, 3.63) is 74.7 Å². The summed E-state index contributed by atoms with van der Waals surface area (Å²) in [5.41, 5.74) is 5.15. The van der Waals surface area contributed by atoms with Crippen molar-refractivity contribution in [2.24, 2.45) is 5.73 Å². The minimum Gasteiger partial charge on any atom is -0.508 e. The van der Waals surface area contributed by atoms with E-state index in [9.17, 15) is 29.7 Å². The van der Waals surface area contributed by atoms with Crippen molar-refractivity contribution in [2.45, 2.75) is 77.7 Å². The lowest BCUT2D eigenvalue weighted by molar-refractivity contribution is -0.304. The summed E-state index contributed by atoms with van der Waals surface area (Å²) in [7, 11) is 1.37. The highest BCUT2D eigenvalue weighted by Crippen LogP contribution is 2.38. The smallest absolute Gasteiger partial charge is 0.404 e. The molecule has 1 aliphatic heterocycles. The minimum absolute atomic E-state index is 0.000829. The zero-order valence-corrected chi connectivity index (χ0v) is 25.4. The van der Waals surface area contributed by atoms with Crippen molar-refractivity contribution in [2.75, 3.05) is 7.11 Å². The predicted octanol–water partition coefficient (Wildman–Crippen LogP) is 3.80. The molecule has 4 atom stereocenters. The number of allylic oxidation sites excluding steroid dienone is 2. The van der Waals surface area contributed by atoms with Crippen LogP contribution in [0.15, 0.2) is 51.2 Å². The fraction of sp³-hybridized carbons (Fsp3) is 0.406. The molecule has 236 valence electrons. The van der Waals surface area contributed by atoms with Crippen LogP contribution in [0.25, 0.3) is 11.0 Å². The fourth-order valence-electron chi connectivity index (χ4n) is 5.26. The summed E-state index contributed by atoms with van der Waals surface area (Å²) in [6, 6.07) is 7.35. The van der Waals surface area contributed by atoms with Crippen molar-refractivity contribution >= 4 is 22.8 Å². The first-order valence-corrected chi connectivity index (χ1v) is 13.9. The molecular weight excluding hydrogens is 574 g/mol. The fourth-order valence-corrected chi connectivity index (χ4v) is 5.26. The number of hydrogen-bond acceptors (Lipinski definition) is 11. The van der Waals surface area contributed by atoms with E-state index in [1.807, 2.05) is 19.9 Å². The zero-order valence-electron chi connectivity index (χ0n) is 25.4. The summed E-state index contributed by atoms with van der Waals surface area (Å²) < 4.78 is 28.0. The Bertz CT molecular complexity index is 1670. The molecule has 5 N–H and O–H groups in total. The summed E-state index contributed by atoms with van der Waals surface area (Å²) in [5, 5.41) is 32.3. The maximum Gasteiger partial charge on any atom is 0.404 e. The molecule has 0 spiro atoms. The maximum absolute atomic E-state index is 13.1. The van der Waals surface area contributed by atoms with Crippen LogP contribution >= 0.6 is 0 Å². The number of carbonyl (C=O) groups is 2. The van der Waals surface area contributed by atoms with Gasteiger partial charge < -0.3 is 44.4 Å². The number of aryl methyl sites for hydroxylation is 1. The van der Waals surface area contributed by atoms with E-state index in [1.165, 1.54) is 31.4 Å². The average Bonchev–Trinajstić information content (AvgIpc) is 2.94. The van der Waals surface area contributed by atoms with E-state index >= 15 is 0 Å². The molecule has 1 amide bonds. The van der Waals surface area contributed by atoms with Crippen molar-refractivity contribution in [3.8, 4) is 17.2 Å². The summed E-state index contributed by atoms with van der Waals surface area (Å²) in [6.07, 6.45) is -4.15. The van der Waals surface area contributed by atoms with E-state index in [-0.39, 0.29) is 33.6 Å². The number of Topliss-reactive ketones (excluding diaryl/α,β-unsaturated/α-hetero) is 1. The van der Waals surface area contributed by atoms with E-state index in [0.717, 1.165) is 5.57 Å². The number of ether oxygens (including phenoxy) is 4. The molecule has 3 aromatic rings. The first-order valence-electron chi connectivity index (χ1n) is 13.9. The Morgan fingerprint density at radius 2 is 1.84 bits per heavy atom. The molecular formula is C32H37NO11. The highest BCUT2D eigenvalue weighted by molar-refractivity contribution is 5.99. The molecule has 0 radical (unpaired) electrons. The number of hydrogen-bond donors (Lipinski definition) is 4. The van der Waals surface area contributed by atoms with Crippen LogP contribution in [-0.4, -0.2) is 64.5 Å². The summed E-state index contributed by atoms with van der Waals surface area (Å²) in [6.45, 7) is 8.75. The lowest BCUT2D eigenvalue weighted by Crippen LogP contribution is -2.65. The number of nitrogens with two attached hydrogens (primary N) is 1. The van der Waals surface area contributed by atoms with Gasteiger partial charge in [-0.05, 0) is 76.9 Å². The monoisotopic (exact) mass is 611 g/mol. The molecule has 44 heavy (non-hydrogen) atoms. The molecule has 0 aliphatic carbocycles. The highest BCUT2D eigenvalue weighted by Gasteiger charge is 2.53. The summed E-state index contributed by atoms with van der Waals surface area (Å²) >= 11 is 0. The van der Waals surface area contributed by atoms with Gasteiger partial charge in [0, 0.05) is 24.7 Å². The SMILES string of the molecule is CO[C@@H]1[C@@H](OC(N)=O)[C@@H](O)[C@H](Oc2ccc3c(O)c(CC(=O)c4ccc(O)c(CC=C(C)C)c4)c(=O)oc3c2C)OC1(C)C. The van der Waals surface area contributed by atoms with Gasteiger partial charge in [-0.3, -0.25) is 4.79 Å². The third-order valence-electron chi connectivity index (χ3n) is 7.58. The third-order valence-corrected chi connectivity index (χ3v) is 7.58. The van der Waals surface area contributed by atoms with Crippen molar-refractivity contribution in [3.63, 3.8) is 0 Å². The molecule has 0 unspecified atom stereocenters. The molecule has 12 heteroatoms. The number of aliphatic hydroxyl groups excluding tert-OH is 1. The molecule has 4 rings (SSSR count). The highest BCUT2D eigenvalue weighted by atomic mass is 16.7. The van der Waals surface area contributed by atoms with Crippen molar-refractivity contribution < 1.29 is 48.3 Å². The molecule has 0 saturated carbocycles. The second kappa shape index (κ2) is 12.7. The Labute approximate surface area is 253 Å². The first-order chi connectivity index (χ1) is 20.6. The Morgan fingerprint density at radius 1 is 1.14 bits per heavy atom. The van der Waals surface area contributed by atoms with E-state index < -0.39 is 59.9 Å². The van der Waals surface area contributed by atoms with E-state index in [4.69, 9.17) is 29.1 Å². The van der Waals surface area contributed by atoms with Crippen LogP contribution in [-0.2, 0) is 27.1 Å². The molecule has 1 aromatic heterocycles. The number of primary amides is 1. The average molecular weight is 612 g/mol. The summed E-state index contributed by atoms with van der Waals surface area (Å²) in [4.78, 5) is 37.7. The molecule has 2 heterocycles. The minimum atomic E-state index is -1.51. The predicted molar refractivity (Wildman–Crippen MR) is 159 cm³/mol. The zero-order chi connectivity index (χ0) is 32.5. The molecule has 2 aromatic carbocycles. The largest absolute Gasteiger partial charge is 0.508 e. The number of methoxy groups -OCH3 is 1. The van der Waals surface area contributed by atoms with Crippen LogP contribution in [0.1, 0.15) is 54.7 Å². The number of ketones is 1. The van der Waals surface area contributed by atoms with Gasteiger partial charge in [0.05, 0.1) is 16.6 Å². The van der Waals surface area contributed by atoms with Gasteiger partial charge in [-0.15, -0.1) is 0 Å². The van der Waals surface area contributed by atoms with Gasteiger partial charge in [0.1, 0.15) is 28.9 Å². The molecule has 1 saturated heterocycles. The van der Waals surface area contributed by atoms with Gasteiger partial charge in [-0.25, -0.2) is 9.59 Å².